The molecule has 0 fully saturated rings. The van der Waals surface area contributed by atoms with Crippen molar-refractivity contribution in [3.05, 3.63) is 36.0 Å². The highest BCUT2D eigenvalue weighted by atomic mass is 16.5. The van der Waals surface area contributed by atoms with Gasteiger partial charge in [-0.1, -0.05) is 18.2 Å². The van der Waals surface area contributed by atoms with E-state index in [4.69, 9.17) is 4.74 Å². The van der Waals surface area contributed by atoms with Gasteiger partial charge in [0, 0.05) is 22.5 Å². The van der Waals surface area contributed by atoms with Gasteiger partial charge in [-0.05, 0) is 34.0 Å². The lowest BCUT2D eigenvalue weighted by molar-refractivity contribution is 0.0698. The van der Waals surface area contributed by atoms with Gasteiger partial charge in [-0.3, -0.25) is 0 Å². The second-order valence-electron chi connectivity index (χ2n) is 5.82. The molecule has 112 valence electrons. The lowest BCUT2D eigenvalue weighted by Crippen LogP contribution is -2.43. The number of carboxylic acids is 1. The molecule has 5 heteroatoms. The zero-order valence-electron chi connectivity index (χ0n) is 12.8. The maximum atomic E-state index is 11.2. The van der Waals surface area contributed by atoms with E-state index < -0.39 is 5.97 Å². The van der Waals surface area contributed by atoms with Crippen LogP contribution in [-0.4, -0.2) is 47.2 Å². The van der Waals surface area contributed by atoms with Gasteiger partial charge in [0.15, 0.2) is 0 Å². The Hall–Kier alpha value is -2.14. The third kappa shape index (κ3) is 3.13. The first kappa shape index (κ1) is 15.3. The lowest BCUT2D eigenvalue weighted by atomic mass is 10.1. The Bertz CT molecular complexity index is 666. The van der Waals surface area contributed by atoms with Crippen molar-refractivity contribution in [1.29, 1.82) is 0 Å². The van der Waals surface area contributed by atoms with E-state index in [2.05, 4.69) is 23.7 Å². The van der Waals surface area contributed by atoms with Crippen LogP contribution in [0.25, 0.3) is 10.8 Å². The second kappa shape index (κ2) is 5.69. The number of hydrogen-bond donors (Lipinski definition) is 1. The standard InChI is InChI=1S/C16H20N2O3/c1-16(2,18(3)4)10-21-14-12-8-6-5-7-11(12)13(9-17-14)15(19)20/h5-9H,10H2,1-4H3,(H,19,20). The minimum atomic E-state index is -0.987. The fourth-order valence-corrected chi connectivity index (χ4v) is 1.83. The van der Waals surface area contributed by atoms with E-state index in [0.717, 1.165) is 0 Å². The van der Waals surface area contributed by atoms with Gasteiger partial charge in [-0.2, -0.15) is 0 Å². The predicted octanol–water partition coefficient (Wildman–Crippen LogP) is 2.65. The van der Waals surface area contributed by atoms with Crippen LogP contribution in [0.4, 0.5) is 0 Å². The van der Waals surface area contributed by atoms with Crippen LogP contribution in [0.3, 0.4) is 0 Å². The Balaban J connectivity index is 2.38. The van der Waals surface area contributed by atoms with Crippen LogP contribution < -0.4 is 4.74 Å². The average Bonchev–Trinajstić information content (AvgIpc) is 2.44. The van der Waals surface area contributed by atoms with Crippen molar-refractivity contribution in [1.82, 2.24) is 9.88 Å². The van der Waals surface area contributed by atoms with Crippen molar-refractivity contribution in [2.75, 3.05) is 20.7 Å². The minimum absolute atomic E-state index is 0.145. The third-order valence-corrected chi connectivity index (χ3v) is 3.76. The van der Waals surface area contributed by atoms with Gasteiger partial charge in [0.25, 0.3) is 0 Å². The smallest absolute Gasteiger partial charge is 0.337 e. The van der Waals surface area contributed by atoms with Crippen LogP contribution >= 0.6 is 0 Å². The van der Waals surface area contributed by atoms with Crippen molar-refractivity contribution in [2.24, 2.45) is 0 Å². The minimum Gasteiger partial charge on any atom is -0.478 e. The largest absolute Gasteiger partial charge is 0.478 e. The number of benzene rings is 1. The summed E-state index contributed by atoms with van der Waals surface area (Å²) in [6.45, 7) is 4.60. The molecule has 0 aliphatic heterocycles. The molecule has 0 saturated carbocycles. The van der Waals surface area contributed by atoms with Crippen LogP contribution in [0.2, 0.25) is 0 Å². The molecular weight excluding hydrogens is 268 g/mol. The fourth-order valence-electron chi connectivity index (χ4n) is 1.83. The Labute approximate surface area is 124 Å². The number of aromatic nitrogens is 1. The van der Waals surface area contributed by atoms with Gasteiger partial charge >= 0.3 is 5.97 Å². The summed E-state index contributed by atoms with van der Waals surface area (Å²) < 4.78 is 5.83. The van der Waals surface area contributed by atoms with Crippen LogP contribution in [0.1, 0.15) is 24.2 Å². The predicted molar refractivity (Wildman–Crippen MR) is 82.0 cm³/mol. The zero-order valence-corrected chi connectivity index (χ0v) is 12.8. The zero-order chi connectivity index (χ0) is 15.6. The molecule has 2 rings (SSSR count). The molecule has 0 atom stereocenters. The number of fused-ring (bicyclic) bond motifs is 1. The molecule has 1 aromatic heterocycles. The Morgan fingerprint density at radius 1 is 1.29 bits per heavy atom. The van der Waals surface area contributed by atoms with Crippen molar-refractivity contribution in [3.8, 4) is 5.88 Å². The second-order valence-corrected chi connectivity index (χ2v) is 5.82. The molecule has 1 heterocycles. The van der Waals surface area contributed by atoms with Gasteiger partial charge in [-0.25, -0.2) is 9.78 Å². The number of rotatable bonds is 5. The maximum absolute atomic E-state index is 11.2. The van der Waals surface area contributed by atoms with Crippen LogP contribution in [-0.2, 0) is 0 Å². The summed E-state index contributed by atoms with van der Waals surface area (Å²) in [6.07, 6.45) is 1.35. The third-order valence-electron chi connectivity index (χ3n) is 3.76. The fraction of sp³-hybridized carbons (Fsp3) is 0.375. The van der Waals surface area contributed by atoms with Crippen molar-refractivity contribution >= 4 is 16.7 Å². The Morgan fingerprint density at radius 2 is 1.90 bits per heavy atom. The molecule has 2 aromatic rings. The number of hydrogen-bond acceptors (Lipinski definition) is 4. The molecule has 0 saturated heterocycles. The summed E-state index contributed by atoms with van der Waals surface area (Å²) in [5.74, 6) is -0.524. The Morgan fingerprint density at radius 3 is 2.48 bits per heavy atom. The van der Waals surface area contributed by atoms with Crippen molar-refractivity contribution in [2.45, 2.75) is 19.4 Å². The number of aromatic carboxylic acids is 1. The number of nitrogens with zero attached hydrogens (tertiary/aromatic N) is 2. The highest BCUT2D eigenvalue weighted by molar-refractivity contribution is 6.04. The summed E-state index contributed by atoms with van der Waals surface area (Å²) in [6, 6.07) is 7.25. The van der Waals surface area contributed by atoms with Gasteiger partial charge < -0.3 is 14.7 Å². The molecule has 5 nitrogen and oxygen atoms in total. The number of carbonyl (C=O) groups is 1. The van der Waals surface area contributed by atoms with E-state index in [1.54, 1.807) is 6.07 Å². The summed E-state index contributed by atoms with van der Waals surface area (Å²) in [4.78, 5) is 17.5. The quantitative estimate of drug-likeness (QED) is 0.916. The van der Waals surface area contributed by atoms with Crippen molar-refractivity contribution in [3.63, 3.8) is 0 Å². The number of pyridine rings is 1. The topological polar surface area (TPSA) is 62.7 Å². The summed E-state index contributed by atoms with van der Waals surface area (Å²) >= 11 is 0. The monoisotopic (exact) mass is 288 g/mol. The van der Waals surface area contributed by atoms with E-state index in [1.165, 1.54) is 6.20 Å². The Kier molecular flexibility index (Phi) is 4.14. The molecule has 0 bridgehead atoms. The highest BCUT2D eigenvalue weighted by Crippen LogP contribution is 2.27. The molecule has 0 aliphatic rings. The molecule has 0 aliphatic carbocycles. The first-order valence-electron chi connectivity index (χ1n) is 6.74. The first-order valence-corrected chi connectivity index (χ1v) is 6.74. The summed E-state index contributed by atoms with van der Waals surface area (Å²) in [5, 5.41) is 10.6. The average molecular weight is 288 g/mol. The van der Waals surface area contributed by atoms with Crippen LogP contribution in [0, 0.1) is 0 Å². The van der Waals surface area contributed by atoms with Gasteiger partial charge in [0.1, 0.15) is 6.61 Å². The van der Waals surface area contributed by atoms with E-state index in [1.807, 2.05) is 32.3 Å². The number of carboxylic acid groups (broad SMARTS) is 1. The van der Waals surface area contributed by atoms with Gasteiger partial charge in [-0.15, -0.1) is 0 Å². The normalized spacial score (nSPS) is 11.9. The van der Waals surface area contributed by atoms with Gasteiger partial charge in [0.05, 0.1) is 5.56 Å². The maximum Gasteiger partial charge on any atom is 0.337 e. The molecule has 0 radical (unpaired) electrons. The van der Waals surface area contributed by atoms with E-state index in [0.29, 0.717) is 23.3 Å². The first-order chi connectivity index (χ1) is 9.83. The van der Waals surface area contributed by atoms with E-state index >= 15 is 0 Å². The molecule has 0 amide bonds. The summed E-state index contributed by atoms with van der Waals surface area (Å²) in [5.41, 5.74) is 0.0404. The number of likely N-dealkylation sites (N-methyl/N-ethyl adjacent to an activating group) is 1. The van der Waals surface area contributed by atoms with Crippen molar-refractivity contribution < 1.29 is 14.6 Å². The van der Waals surface area contributed by atoms with Gasteiger partial charge in [0.2, 0.25) is 5.88 Å². The van der Waals surface area contributed by atoms with Crippen LogP contribution in [0.5, 0.6) is 5.88 Å². The molecular formula is C16H20N2O3. The number of ether oxygens (including phenoxy) is 1. The molecule has 1 N–H and O–H groups in total. The SMILES string of the molecule is CN(C)C(C)(C)COc1ncc(C(=O)O)c2ccccc12. The summed E-state index contributed by atoms with van der Waals surface area (Å²) in [7, 11) is 3.98. The highest BCUT2D eigenvalue weighted by Gasteiger charge is 2.22. The molecule has 1 aromatic carbocycles. The van der Waals surface area contributed by atoms with E-state index in [-0.39, 0.29) is 11.1 Å². The molecule has 0 spiro atoms. The molecule has 0 unspecified atom stereocenters. The molecule has 21 heavy (non-hydrogen) atoms. The van der Waals surface area contributed by atoms with E-state index in [9.17, 15) is 9.90 Å². The lowest BCUT2D eigenvalue weighted by Gasteiger charge is -2.32. The van der Waals surface area contributed by atoms with Crippen LogP contribution in [0.15, 0.2) is 30.5 Å².